The van der Waals surface area contributed by atoms with Crippen molar-refractivity contribution < 1.29 is 27.5 Å². The monoisotopic (exact) mass is 411 g/mol. The number of amides is 1. The summed E-state index contributed by atoms with van der Waals surface area (Å²) in [7, 11) is 0. The smallest absolute Gasteiger partial charge is 0.374 e. The van der Waals surface area contributed by atoms with Crippen molar-refractivity contribution in [2.24, 2.45) is 0 Å². The number of rotatable bonds is 6. The van der Waals surface area contributed by atoms with Gasteiger partial charge in [0.15, 0.2) is 6.61 Å². The van der Waals surface area contributed by atoms with Gasteiger partial charge in [-0.05, 0) is 48.5 Å². The second kappa shape index (κ2) is 8.41. The zero-order valence-electron chi connectivity index (χ0n) is 13.6. The van der Waals surface area contributed by atoms with E-state index in [0.717, 1.165) is 0 Å². The fourth-order valence-corrected chi connectivity index (χ4v) is 2.91. The zero-order chi connectivity index (χ0) is 19.4. The van der Waals surface area contributed by atoms with Crippen LogP contribution in [0, 0.1) is 0 Å². The van der Waals surface area contributed by atoms with E-state index >= 15 is 0 Å². The maximum Gasteiger partial charge on any atom is 0.374 e. The number of halogens is 3. The quantitative estimate of drug-likeness (QED) is 0.446. The van der Waals surface area contributed by atoms with E-state index in [1.54, 1.807) is 18.2 Å². The largest absolute Gasteiger partial charge is 0.450 e. The van der Waals surface area contributed by atoms with Gasteiger partial charge in [0, 0.05) is 21.0 Å². The van der Waals surface area contributed by atoms with Crippen LogP contribution in [-0.4, -0.2) is 24.2 Å². The lowest BCUT2D eigenvalue weighted by Crippen LogP contribution is -2.20. The first-order valence-corrected chi connectivity index (χ1v) is 8.87. The van der Waals surface area contributed by atoms with Crippen molar-refractivity contribution in [2.75, 3.05) is 11.9 Å². The number of benzene rings is 2. The molecule has 1 N–H and O–H groups in total. The van der Waals surface area contributed by atoms with E-state index in [1.807, 2.05) is 0 Å². The molecular formula is C18H12ClF2NO4S. The van der Waals surface area contributed by atoms with E-state index in [4.69, 9.17) is 20.8 Å². The normalized spacial score (nSPS) is 11.0. The maximum absolute atomic E-state index is 12.3. The predicted molar refractivity (Wildman–Crippen MR) is 98.4 cm³/mol. The molecule has 0 aliphatic carbocycles. The molecule has 2 aromatic carbocycles. The summed E-state index contributed by atoms with van der Waals surface area (Å²) in [5.41, 5.74) is 0.866. The van der Waals surface area contributed by atoms with Crippen molar-refractivity contribution >= 4 is 51.9 Å². The molecule has 140 valence electrons. The number of esters is 1. The Morgan fingerprint density at radius 1 is 1.15 bits per heavy atom. The van der Waals surface area contributed by atoms with E-state index < -0.39 is 24.2 Å². The third kappa shape index (κ3) is 5.21. The van der Waals surface area contributed by atoms with Gasteiger partial charge in [0.2, 0.25) is 5.76 Å². The minimum atomic E-state index is -2.51. The van der Waals surface area contributed by atoms with Crippen molar-refractivity contribution in [3.8, 4) is 0 Å². The molecule has 0 bridgehead atoms. The number of fused-ring (bicyclic) bond motifs is 1. The first-order valence-electron chi connectivity index (χ1n) is 7.61. The standard InChI is InChI=1S/C18H12ClF2NO4S/c19-11-1-6-14-10(7-11)8-15(26-14)17(24)25-9-16(23)22-12-2-4-13(5-3-12)27-18(20)21/h1-8,18H,9H2,(H,22,23). The van der Waals surface area contributed by atoms with E-state index in [9.17, 15) is 18.4 Å². The second-order valence-electron chi connectivity index (χ2n) is 5.32. The Hall–Kier alpha value is -2.58. The number of anilines is 1. The summed E-state index contributed by atoms with van der Waals surface area (Å²) >= 11 is 6.28. The SMILES string of the molecule is O=C(COC(=O)c1cc2cc(Cl)ccc2o1)Nc1ccc(SC(F)F)cc1. The van der Waals surface area contributed by atoms with Gasteiger partial charge in [-0.25, -0.2) is 4.79 Å². The number of carbonyl (C=O) groups excluding carboxylic acids is 2. The van der Waals surface area contributed by atoms with Crippen LogP contribution < -0.4 is 5.32 Å². The van der Waals surface area contributed by atoms with Gasteiger partial charge in [-0.15, -0.1) is 0 Å². The molecular weight excluding hydrogens is 400 g/mol. The van der Waals surface area contributed by atoms with Crippen LogP contribution in [0.2, 0.25) is 5.02 Å². The minimum absolute atomic E-state index is 0.0477. The molecule has 0 fully saturated rings. The molecule has 0 atom stereocenters. The minimum Gasteiger partial charge on any atom is -0.450 e. The maximum atomic E-state index is 12.3. The lowest BCUT2D eigenvalue weighted by Gasteiger charge is -2.06. The molecule has 0 saturated carbocycles. The average molecular weight is 412 g/mol. The Balaban J connectivity index is 1.54. The summed E-state index contributed by atoms with van der Waals surface area (Å²) in [5, 5.41) is 3.64. The number of nitrogens with one attached hydrogen (secondary N) is 1. The van der Waals surface area contributed by atoms with Gasteiger partial charge in [-0.2, -0.15) is 8.78 Å². The molecule has 3 rings (SSSR count). The first-order chi connectivity index (χ1) is 12.9. The Morgan fingerprint density at radius 2 is 1.89 bits per heavy atom. The van der Waals surface area contributed by atoms with Crippen molar-refractivity contribution in [2.45, 2.75) is 10.7 Å². The van der Waals surface area contributed by atoms with Crippen molar-refractivity contribution in [3.63, 3.8) is 0 Å². The third-order valence-electron chi connectivity index (χ3n) is 3.38. The molecule has 0 radical (unpaired) electrons. The lowest BCUT2D eigenvalue weighted by molar-refractivity contribution is -0.119. The summed E-state index contributed by atoms with van der Waals surface area (Å²) in [6.45, 7) is -0.524. The van der Waals surface area contributed by atoms with E-state index in [2.05, 4.69) is 5.32 Å². The molecule has 3 aromatic rings. The number of hydrogen-bond donors (Lipinski definition) is 1. The third-order valence-corrected chi connectivity index (χ3v) is 4.33. The van der Waals surface area contributed by atoms with Crippen LogP contribution in [-0.2, 0) is 9.53 Å². The summed E-state index contributed by atoms with van der Waals surface area (Å²) in [6, 6.07) is 12.2. The number of alkyl halides is 2. The number of carbonyl (C=O) groups is 2. The highest BCUT2D eigenvalue weighted by molar-refractivity contribution is 7.99. The van der Waals surface area contributed by atoms with Crippen molar-refractivity contribution in [1.82, 2.24) is 0 Å². The van der Waals surface area contributed by atoms with Crippen molar-refractivity contribution in [1.29, 1.82) is 0 Å². The first kappa shape index (κ1) is 19.2. The van der Waals surface area contributed by atoms with Gasteiger partial charge in [-0.1, -0.05) is 23.4 Å². The number of ether oxygens (including phenoxy) is 1. The second-order valence-corrected chi connectivity index (χ2v) is 6.82. The fourth-order valence-electron chi connectivity index (χ4n) is 2.23. The molecule has 5 nitrogen and oxygen atoms in total. The highest BCUT2D eigenvalue weighted by Gasteiger charge is 2.16. The Bertz CT molecular complexity index is 975. The molecule has 0 unspecified atom stereocenters. The number of thioether (sulfide) groups is 1. The number of hydrogen-bond acceptors (Lipinski definition) is 5. The molecule has 9 heteroatoms. The molecule has 27 heavy (non-hydrogen) atoms. The van der Waals surface area contributed by atoms with Gasteiger partial charge in [-0.3, -0.25) is 4.79 Å². The van der Waals surface area contributed by atoms with E-state index in [-0.39, 0.29) is 5.76 Å². The molecule has 0 aliphatic heterocycles. The molecule has 0 spiro atoms. The fraction of sp³-hybridized carbons (Fsp3) is 0.111. The molecule has 1 amide bonds. The van der Waals surface area contributed by atoms with Gasteiger partial charge in [0.25, 0.3) is 11.7 Å². The van der Waals surface area contributed by atoms with Crippen LogP contribution >= 0.6 is 23.4 Å². The van der Waals surface area contributed by atoms with E-state index in [1.165, 1.54) is 30.3 Å². The Kier molecular flexibility index (Phi) is 5.98. The van der Waals surface area contributed by atoms with Crippen molar-refractivity contribution in [3.05, 3.63) is 59.3 Å². The molecule has 0 aliphatic rings. The number of furan rings is 1. The molecule has 0 saturated heterocycles. The topological polar surface area (TPSA) is 68.5 Å². The Morgan fingerprint density at radius 3 is 2.59 bits per heavy atom. The predicted octanol–water partition coefficient (Wildman–Crippen LogP) is 5.20. The highest BCUT2D eigenvalue weighted by atomic mass is 35.5. The lowest BCUT2D eigenvalue weighted by atomic mass is 10.2. The van der Waals surface area contributed by atoms with Gasteiger partial charge in [0.05, 0.1) is 0 Å². The van der Waals surface area contributed by atoms with Gasteiger partial charge < -0.3 is 14.5 Å². The van der Waals surface area contributed by atoms with Crippen LogP contribution in [0.5, 0.6) is 0 Å². The average Bonchev–Trinajstić information content (AvgIpc) is 3.04. The van der Waals surface area contributed by atoms with E-state index in [0.29, 0.717) is 38.3 Å². The van der Waals surface area contributed by atoms with Crippen LogP contribution in [0.3, 0.4) is 0 Å². The zero-order valence-corrected chi connectivity index (χ0v) is 15.2. The van der Waals surface area contributed by atoms with Crippen LogP contribution in [0.4, 0.5) is 14.5 Å². The van der Waals surface area contributed by atoms with Crippen LogP contribution in [0.15, 0.2) is 57.8 Å². The summed E-state index contributed by atoms with van der Waals surface area (Å²) in [5.74, 6) is -3.93. The van der Waals surface area contributed by atoms with Crippen LogP contribution in [0.25, 0.3) is 11.0 Å². The summed E-state index contributed by atoms with van der Waals surface area (Å²) in [4.78, 5) is 24.2. The van der Waals surface area contributed by atoms with Gasteiger partial charge >= 0.3 is 5.97 Å². The highest BCUT2D eigenvalue weighted by Crippen LogP contribution is 2.26. The Labute approximate surface area is 161 Å². The summed E-state index contributed by atoms with van der Waals surface area (Å²) < 4.78 is 34.8. The molecule has 1 heterocycles. The molecule has 1 aromatic heterocycles. The van der Waals surface area contributed by atoms with Gasteiger partial charge in [0.1, 0.15) is 5.58 Å². The summed E-state index contributed by atoms with van der Waals surface area (Å²) in [6.07, 6.45) is 0. The van der Waals surface area contributed by atoms with Crippen LogP contribution in [0.1, 0.15) is 10.6 Å².